The van der Waals surface area contributed by atoms with Crippen LogP contribution in [0.2, 0.25) is 0 Å². The molecule has 1 aromatic heterocycles. The summed E-state index contributed by atoms with van der Waals surface area (Å²) in [5.74, 6) is 0.770. The third-order valence-electron chi connectivity index (χ3n) is 3.43. The summed E-state index contributed by atoms with van der Waals surface area (Å²) in [6.07, 6.45) is 1.92. The summed E-state index contributed by atoms with van der Waals surface area (Å²) in [6.45, 7) is 3.19. The summed E-state index contributed by atoms with van der Waals surface area (Å²) >= 11 is 0. The van der Waals surface area contributed by atoms with Gasteiger partial charge in [-0.2, -0.15) is 0 Å². The molecule has 102 valence electrons. The lowest BCUT2D eigenvalue weighted by atomic mass is 9.95. The van der Waals surface area contributed by atoms with E-state index in [-0.39, 0.29) is 17.6 Å². The van der Waals surface area contributed by atoms with Gasteiger partial charge in [-0.3, -0.25) is 9.59 Å². The van der Waals surface area contributed by atoms with Gasteiger partial charge in [0.2, 0.25) is 0 Å². The number of Topliss-reactive ketones (excluding diaryl/α,β-unsaturated/α-hetero) is 1. The van der Waals surface area contributed by atoms with Crippen LogP contribution in [0.15, 0.2) is 12.1 Å². The third kappa shape index (κ3) is 3.07. The van der Waals surface area contributed by atoms with Gasteiger partial charge < -0.3 is 10.2 Å². The number of anilines is 1. The summed E-state index contributed by atoms with van der Waals surface area (Å²) in [6, 6.07) is 3.43. The third-order valence-corrected chi connectivity index (χ3v) is 3.43. The highest BCUT2D eigenvalue weighted by Gasteiger charge is 2.24. The zero-order valence-electron chi connectivity index (χ0n) is 11.2. The van der Waals surface area contributed by atoms with Gasteiger partial charge in [-0.25, -0.2) is 0 Å². The van der Waals surface area contributed by atoms with Crippen LogP contribution < -0.4 is 10.2 Å². The number of rotatable bonds is 3. The van der Waals surface area contributed by atoms with E-state index in [1.54, 1.807) is 26.1 Å². The van der Waals surface area contributed by atoms with Gasteiger partial charge in [-0.15, -0.1) is 10.2 Å². The van der Waals surface area contributed by atoms with E-state index in [1.807, 2.05) is 0 Å². The second-order valence-corrected chi connectivity index (χ2v) is 4.75. The number of piperidine rings is 1. The van der Waals surface area contributed by atoms with E-state index in [9.17, 15) is 9.59 Å². The number of nitrogens with zero attached hydrogens (tertiary/aromatic N) is 3. The Morgan fingerprint density at radius 1 is 1.37 bits per heavy atom. The molecule has 0 aliphatic carbocycles. The number of hydrogen-bond donors (Lipinski definition) is 1. The molecule has 0 bridgehead atoms. The summed E-state index contributed by atoms with van der Waals surface area (Å²) in [5, 5.41) is 10.5. The monoisotopic (exact) mass is 262 g/mol. The number of carbonyl (C=O) groups is 2. The molecule has 1 saturated heterocycles. The molecular weight excluding hydrogens is 244 g/mol. The van der Waals surface area contributed by atoms with Crippen molar-refractivity contribution in [2.45, 2.75) is 19.8 Å². The fraction of sp³-hybridized carbons (Fsp3) is 0.538. The molecule has 6 heteroatoms. The van der Waals surface area contributed by atoms with Crippen molar-refractivity contribution >= 4 is 17.5 Å². The van der Waals surface area contributed by atoms with E-state index in [1.165, 1.54) is 0 Å². The average molecular weight is 262 g/mol. The second kappa shape index (κ2) is 5.77. The largest absolute Gasteiger partial charge is 0.354 e. The molecule has 0 spiro atoms. The highest BCUT2D eigenvalue weighted by atomic mass is 16.1. The topological polar surface area (TPSA) is 75.2 Å². The van der Waals surface area contributed by atoms with Gasteiger partial charge >= 0.3 is 0 Å². The van der Waals surface area contributed by atoms with E-state index in [2.05, 4.69) is 20.4 Å². The second-order valence-electron chi connectivity index (χ2n) is 4.75. The van der Waals surface area contributed by atoms with Gasteiger partial charge in [0.1, 0.15) is 5.78 Å². The molecule has 0 saturated carbocycles. The first kappa shape index (κ1) is 13.5. The van der Waals surface area contributed by atoms with Crippen LogP contribution in [0, 0.1) is 5.92 Å². The van der Waals surface area contributed by atoms with Gasteiger partial charge in [0.25, 0.3) is 5.91 Å². The SMILES string of the molecule is CNC(=O)c1ccc(N2CCCC(C(C)=O)C2)nn1. The highest BCUT2D eigenvalue weighted by Crippen LogP contribution is 2.21. The Morgan fingerprint density at radius 2 is 2.16 bits per heavy atom. The van der Waals surface area contributed by atoms with E-state index >= 15 is 0 Å². The number of amides is 1. The first-order valence-electron chi connectivity index (χ1n) is 6.43. The number of aromatic nitrogens is 2. The fourth-order valence-corrected chi connectivity index (χ4v) is 2.26. The number of hydrogen-bond acceptors (Lipinski definition) is 5. The Morgan fingerprint density at radius 3 is 2.74 bits per heavy atom. The van der Waals surface area contributed by atoms with Crippen molar-refractivity contribution in [1.29, 1.82) is 0 Å². The van der Waals surface area contributed by atoms with Crippen molar-refractivity contribution in [2.24, 2.45) is 5.92 Å². The minimum atomic E-state index is -0.251. The maximum Gasteiger partial charge on any atom is 0.271 e. The first-order chi connectivity index (χ1) is 9.11. The minimum Gasteiger partial charge on any atom is -0.354 e. The molecule has 1 aliphatic heterocycles. The van der Waals surface area contributed by atoms with Crippen LogP contribution in [0.1, 0.15) is 30.3 Å². The van der Waals surface area contributed by atoms with Crippen molar-refractivity contribution in [3.05, 3.63) is 17.8 Å². The quantitative estimate of drug-likeness (QED) is 0.865. The predicted molar refractivity (Wildman–Crippen MR) is 71.0 cm³/mol. The van der Waals surface area contributed by atoms with E-state index in [0.717, 1.165) is 25.2 Å². The van der Waals surface area contributed by atoms with E-state index in [4.69, 9.17) is 0 Å². The minimum absolute atomic E-state index is 0.0779. The molecule has 2 rings (SSSR count). The van der Waals surface area contributed by atoms with Gasteiger partial charge in [0, 0.05) is 26.1 Å². The maximum absolute atomic E-state index is 11.4. The van der Waals surface area contributed by atoms with Crippen molar-refractivity contribution in [1.82, 2.24) is 15.5 Å². The van der Waals surface area contributed by atoms with Crippen LogP contribution in [0.5, 0.6) is 0 Å². The zero-order valence-corrected chi connectivity index (χ0v) is 11.2. The molecule has 19 heavy (non-hydrogen) atoms. The van der Waals surface area contributed by atoms with Crippen LogP contribution in [0.25, 0.3) is 0 Å². The summed E-state index contributed by atoms with van der Waals surface area (Å²) in [4.78, 5) is 24.9. The average Bonchev–Trinajstić information content (AvgIpc) is 2.46. The lowest BCUT2D eigenvalue weighted by Gasteiger charge is -2.32. The Labute approximate surface area is 112 Å². The smallest absolute Gasteiger partial charge is 0.271 e. The van der Waals surface area contributed by atoms with Gasteiger partial charge in [-0.1, -0.05) is 0 Å². The van der Waals surface area contributed by atoms with Crippen molar-refractivity contribution in [3.63, 3.8) is 0 Å². The predicted octanol–water partition coefficient (Wildman–Crippen LogP) is 0.642. The molecule has 2 heterocycles. The molecule has 1 atom stereocenters. The van der Waals surface area contributed by atoms with Crippen LogP contribution in [-0.2, 0) is 4.79 Å². The molecule has 0 radical (unpaired) electrons. The van der Waals surface area contributed by atoms with Crippen LogP contribution >= 0.6 is 0 Å². The Balaban J connectivity index is 2.09. The Bertz CT molecular complexity index is 472. The zero-order chi connectivity index (χ0) is 13.8. The van der Waals surface area contributed by atoms with Crippen molar-refractivity contribution < 1.29 is 9.59 Å². The van der Waals surface area contributed by atoms with Crippen molar-refractivity contribution in [2.75, 3.05) is 25.0 Å². The number of nitrogens with one attached hydrogen (secondary N) is 1. The summed E-state index contributed by atoms with van der Waals surface area (Å²) < 4.78 is 0. The molecule has 1 N–H and O–H groups in total. The molecule has 1 aliphatic rings. The molecular formula is C13H18N4O2. The standard InChI is InChI=1S/C13H18N4O2/c1-9(18)10-4-3-7-17(8-10)12-6-5-11(15-16-12)13(19)14-2/h5-6,10H,3-4,7-8H2,1-2H3,(H,14,19). The lowest BCUT2D eigenvalue weighted by molar-refractivity contribution is -0.120. The Kier molecular flexibility index (Phi) is 4.09. The molecule has 1 unspecified atom stereocenters. The fourth-order valence-electron chi connectivity index (χ4n) is 2.26. The van der Waals surface area contributed by atoms with Gasteiger partial charge in [-0.05, 0) is 31.9 Å². The number of carbonyl (C=O) groups excluding carboxylic acids is 2. The molecule has 1 fully saturated rings. The van der Waals surface area contributed by atoms with Crippen LogP contribution in [-0.4, -0.2) is 42.0 Å². The normalized spacial score (nSPS) is 19.1. The van der Waals surface area contributed by atoms with E-state index < -0.39 is 0 Å². The molecule has 1 aromatic rings. The Hall–Kier alpha value is -1.98. The first-order valence-corrected chi connectivity index (χ1v) is 6.43. The highest BCUT2D eigenvalue weighted by molar-refractivity contribution is 5.91. The summed E-state index contributed by atoms with van der Waals surface area (Å²) in [5.41, 5.74) is 0.298. The maximum atomic E-state index is 11.4. The number of ketones is 1. The van der Waals surface area contributed by atoms with Gasteiger partial charge in [0.05, 0.1) is 0 Å². The molecule has 0 aromatic carbocycles. The summed E-state index contributed by atoms with van der Waals surface area (Å²) in [7, 11) is 1.56. The van der Waals surface area contributed by atoms with Crippen LogP contribution in [0.3, 0.4) is 0 Å². The van der Waals surface area contributed by atoms with Crippen molar-refractivity contribution in [3.8, 4) is 0 Å². The van der Waals surface area contributed by atoms with E-state index in [0.29, 0.717) is 12.2 Å². The molecule has 1 amide bonds. The lowest BCUT2D eigenvalue weighted by Crippen LogP contribution is -2.38. The van der Waals surface area contributed by atoms with Crippen LogP contribution in [0.4, 0.5) is 5.82 Å². The van der Waals surface area contributed by atoms with Gasteiger partial charge in [0.15, 0.2) is 11.5 Å². The molecule has 6 nitrogen and oxygen atoms in total.